The first kappa shape index (κ1) is 20.4. The first-order valence-corrected chi connectivity index (χ1v) is 9.95. The second-order valence-electron chi connectivity index (χ2n) is 7.00. The van der Waals surface area contributed by atoms with Gasteiger partial charge in [0.2, 0.25) is 5.91 Å². The summed E-state index contributed by atoms with van der Waals surface area (Å²) in [5.74, 6) is 1.33. The van der Waals surface area contributed by atoms with Crippen LogP contribution in [0, 0.1) is 5.82 Å². The number of carbonyl (C=O) groups excluding carboxylic acids is 1. The van der Waals surface area contributed by atoms with E-state index in [1.54, 1.807) is 0 Å². The molecule has 1 fully saturated rings. The molecule has 3 rings (SSSR count). The highest BCUT2D eigenvalue weighted by molar-refractivity contribution is 5.80. The molecule has 0 spiro atoms. The molecule has 0 aliphatic carbocycles. The van der Waals surface area contributed by atoms with E-state index in [-0.39, 0.29) is 24.6 Å². The van der Waals surface area contributed by atoms with Crippen LogP contribution in [0.1, 0.15) is 37.8 Å². The fourth-order valence-corrected chi connectivity index (χ4v) is 3.57. The van der Waals surface area contributed by atoms with E-state index in [1.165, 1.54) is 12.1 Å². The van der Waals surface area contributed by atoms with Crippen LogP contribution in [0.2, 0.25) is 0 Å². The lowest BCUT2D eigenvalue weighted by atomic mass is 10.1. The Kier molecular flexibility index (Phi) is 7.08. The van der Waals surface area contributed by atoms with Gasteiger partial charge >= 0.3 is 0 Å². The van der Waals surface area contributed by atoms with Crippen LogP contribution in [-0.2, 0) is 22.6 Å². The zero-order chi connectivity index (χ0) is 19.9. The second-order valence-corrected chi connectivity index (χ2v) is 7.00. The maximum atomic E-state index is 13.9. The fourth-order valence-electron chi connectivity index (χ4n) is 3.57. The molecule has 0 radical (unpaired) electrons. The van der Waals surface area contributed by atoms with Crippen LogP contribution in [0.3, 0.4) is 0 Å². The maximum Gasteiger partial charge on any atom is 0.222 e. The molecule has 7 nitrogen and oxygen atoms in total. The molecule has 1 saturated heterocycles. The van der Waals surface area contributed by atoms with Crippen molar-refractivity contribution in [2.24, 2.45) is 4.99 Å². The Morgan fingerprint density at radius 1 is 1.39 bits per heavy atom. The Morgan fingerprint density at radius 2 is 2.25 bits per heavy atom. The van der Waals surface area contributed by atoms with Gasteiger partial charge in [0.05, 0.1) is 6.61 Å². The van der Waals surface area contributed by atoms with Crippen molar-refractivity contribution in [1.29, 1.82) is 0 Å². The summed E-state index contributed by atoms with van der Waals surface area (Å²) in [4.78, 5) is 18.4. The summed E-state index contributed by atoms with van der Waals surface area (Å²) >= 11 is 0. The molecular formula is C20H29FN4O3. The van der Waals surface area contributed by atoms with E-state index < -0.39 is 0 Å². The van der Waals surface area contributed by atoms with Gasteiger partial charge in [-0.15, -0.1) is 0 Å². The van der Waals surface area contributed by atoms with Crippen LogP contribution < -0.4 is 15.4 Å². The number of rotatable bonds is 6. The molecule has 2 aliphatic rings. The molecule has 2 aliphatic heterocycles. The fraction of sp³-hybridized carbons (Fsp3) is 0.600. The monoisotopic (exact) mass is 392 g/mol. The SMILES string of the molecule is CCNC(=NCCc1cc(F)cc2c1OCOC2)NC1CCN(C(=O)CC)C1. The number of ether oxygens (including phenoxy) is 2. The first-order chi connectivity index (χ1) is 13.6. The number of guanidine groups is 1. The van der Waals surface area contributed by atoms with Gasteiger partial charge in [-0.2, -0.15) is 0 Å². The summed E-state index contributed by atoms with van der Waals surface area (Å²) in [6, 6.07) is 3.15. The van der Waals surface area contributed by atoms with E-state index in [2.05, 4.69) is 15.6 Å². The largest absolute Gasteiger partial charge is 0.467 e. The zero-order valence-corrected chi connectivity index (χ0v) is 16.6. The minimum absolute atomic E-state index is 0.186. The number of benzene rings is 1. The highest BCUT2D eigenvalue weighted by Gasteiger charge is 2.25. The summed E-state index contributed by atoms with van der Waals surface area (Å²) in [6.07, 6.45) is 2.01. The van der Waals surface area contributed by atoms with Crippen molar-refractivity contribution < 1.29 is 18.7 Å². The highest BCUT2D eigenvalue weighted by atomic mass is 19.1. The predicted octanol–water partition coefficient (Wildman–Crippen LogP) is 1.80. The Morgan fingerprint density at radius 3 is 3.04 bits per heavy atom. The minimum atomic E-state index is -0.288. The molecule has 1 unspecified atom stereocenters. The molecule has 0 saturated carbocycles. The van der Waals surface area contributed by atoms with Crippen LogP contribution >= 0.6 is 0 Å². The number of halogens is 1. The van der Waals surface area contributed by atoms with Crippen molar-refractivity contribution in [2.45, 2.75) is 45.8 Å². The van der Waals surface area contributed by atoms with E-state index in [4.69, 9.17) is 9.47 Å². The lowest BCUT2D eigenvalue weighted by molar-refractivity contribution is -0.129. The Balaban J connectivity index is 1.60. The third kappa shape index (κ3) is 5.13. The maximum absolute atomic E-state index is 13.9. The molecule has 1 aromatic carbocycles. The molecule has 28 heavy (non-hydrogen) atoms. The van der Waals surface area contributed by atoms with Gasteiger partial charge in [0.25, 0.3) is 0 Å². The van der Waals surface area contributed by atoms with Gasteiger partial charge < -0.3 is 25.0 Å². The number of hydrogen-bond acceptors (Lipinski definition) is 4. The summed E-state index contributed by atoms with van der Waals surface area (Å²) < 4.78 is 24.6. The van der Waals surface area contributed by atoms with E-state index in [9.17, 15) is 9.18 Å². The van der Waals surface area contributed by atoms with Gasteiger partial charge in [-0.1, -0.05) is 6.92 Å². The van der Waals surface area contributed by atoms with Crippen molar-refractivity contribution in [3.05, 3.63) is 29.1 Å². The molecule has 1 amide bonds. The average molecular weight is 392 g/mol. The number of amides is 1. The molecule has 1 aromatic rings. The molecule has 154 valence electrons. The van der Waals surface area contributed by atoms with E-state index in [0.717, 1.165) is 30.6 Å². The molecule has 2 heterocycles. The zero-order valence-electron chi connectivity index (χ0n) is 16.6. The van der Waals surface area contributed by atoms with E-state index in [1.807, 2.05) is 18.7 Å². The Labute approximate surface area is 165 Å². The summed E-state index contributed by atoms with van der Waals surface area (Å²) in [5, 5.41) is 6.64. The standard InChI is InChI=1S/C20H29FN4O3/c1-3-18(26)25-8-6-17(11-25)24-20(22-4-2)23-7-5-14-9-16(21)10-15-12-27-13-28-19(14)15/h9-10,17H,3-8,11-13H2,1-2H3,(H2,22,23,24). The van der Waals surface area contributed by atoms with Crippen LogP contribution in [-0.4, -0.2) is 55.8 Å². The normalized spacial score (nSPS) is 19.2. The van der Waals surface area contributed by atoms with Gasteiger partial charge in [-0.3, -0.25) is 9.79 Å². The predicted molar refractivity (Wildman–Crippen MR) is 105 cm³/mol. The summed E-state index contributed by atoms with van der Waals surface area (Å²) in [5.41, 5.74) is 1.54. The number of fused-ring (bicyclic) bond motifs is 1. The lowest BCUT2D eigenvalue weighted by Gasteiger charge is -2.21. The first-order valence-electron chi connectivity index (χ1n) is 9.95. The summed E-state index contributed by atoms with van der Waals surface area (Å²) in [6.45, 7) is 7.16. The number of hydrogen-bond donors (Lipinski definition) is 2. The van der Waals surface area contributed by atoms with Crippen molar-refractivity contribution in [1.82, 2.24) is 15.5 Å². The minimum Gasteiger partial charge on any atom is -0.467 e. The van der Waals surface area contributed by atoms with Crippen LogP contribution in [0.4, 0.5) is 4.39 Å². The number of nitrogens with zero attached hydrogens (tertiary/aromatic N) is 2. The van der Waals surface area contributed by atoms with E-state index >= 15 is 0 Å². The lowest BCUT2D eigenvalue weighted by Crippen LogP contribution is -2.45. The molecule has 0 aromatic heterocycles. The third-order valence-electron chi connectivity index (χ3n) is 4.93. The summed E-state index contributed by atoms with van der Waals surface area (Å²) in [7, 11) is 0. The molecule has 1 atom stereocenters. The van der Waals surface area contributed by atoms with Crippen LogP contribution in [0.5, 0.6) is 5.75 Å². The van der Waals surface area contributed by atoms with Crippen LogP contribution in [0.15, 0.2) is 17.1 Å². The third-order valence-corrected chi connectivity index (χ3v) is 4.93. The van der Waals surface area contributed by atoms with Gasteiger partial charge in [-0.25, -0.2) is 4.39 Å². The molecule has 0 bridgehead atoms. The second kappa shape index (κ2) is 9.73. The van der Waals surface area contributed by atoms with Crippen molar-refractivity contribution in [3.63, 3.8) is 0 Å². The Bertz CT molecular complexity index is 726. The number of likely N-dealkylation sites (tertiary alicyclic amines) is 1. The molecule has 8 heteroatoms. The van der Waals surface area contributed by atoms with E-state index in [0.29, 0.717) is 44.2 Å². The van der Waals surface area contributed by atoms with Gasteiger partial charge in [0.1, 0.15) is 11.6 Å². The van der Waals surface area contributed by atoms with Crippen molar-refractivity contribution in [3.8, 4) is 5.75 Å². The van der Waals surface area contributed by atoms with Gasteiger partial charge in [0.15, 0.2) is 12.8 Å². The average Bonchev–Trinajstić information content (AvgIpc) is 3.16. The number of nitrogens with one attached hydrogen (secondary N) is 2. The van der Waals surface area contributed by atoms with Crippen molar-refractivity contribution >= 4 is 11.9 Å². The Hall–Kier alpha value is -2.35. The number of carbonyl (C=O) groups is 1. The van der Waals surface area contributed by atoms with Gasteiger partial charge in [0, 0.05) is 44.2 Å². The highest BCUT2D eigenvalue weighted by Crippen LogP contribution is 2.29. The van der Waals surface area contributed by atoms with Crippen molar-refractivity contribution in [2.75, 3.05) is 33.0 Å². The smallest absolute Gasteiger partial charge is 0.222 e. The van der Waals surface area contributed by atoms with Crippen LogP contribution in [0.25, 0.3) is 0 Å². The molecular weight excluding hydrogens is 363 g/mol. The molecule has 2 N–H and O–H groups in total. The topological polar surface area (TPSA) is 75.2 Å². The quantitative estimate of drug-likeness (QED) is 0.570. The number of aliphatic imine (C=N–C) groups is 1. The van der Waals surface area contributed by atoms with Gasteiger partial charge in [-0.05, 0) is 37.5 Å².